The number of nitrogens with zero attached hydrogens (tertiary/aromatic N) is 1. The molecule has 2 unspecified atom stereocenters. The molecule has 8 heteroatoms. The van der Waals surface area contributed by atoms with Gasteiger partial charge in [0.05, 0.1) is 7.11 Å². The molecule has 0 spiro atoms. The Kier molecular flexibility index (Phi) is 3.74. The Morgan fingerprint density at radius 3 is 2.87 bits per heavy atom. The van der Waals surface area contributed by atoms with Gasteiger partial charge in [-0.1, -0.05) is 12.1 Å². The Morgan fingerprint density at radius 2 is 2.20 bits per heavy atom. The molecule has 80 valence electrons. The van der Waals surface area contributed by atoms with E-state index in [0.29, 0.717) is 8.51 Å². The van der Waals surface area contributed by atoms with E-state index in [1.165, 1.54) is 0 Å². The van der Waals surface area contributed by atoms with Gasteiger partial charge in [0.25, 0.3) is 8.08 Å². The maximum absolute atomic E-state index is 5.70. The Labute approximate surface area is 91.3 Å². The summed E-state index contributed by atoms with van der Waals surface area (Å²) in [6.45, 7) is 0. The van der Waals surface area contributed by atoms with Crippen LogP contribution in [0.4, 0.5) is 0 Å². The van der Waals surface area contributed by atoms with E-state index < -0.39 is 8.08 Å². The molecule has 2 N–H and O–H groups in total. The zero-order valence-corrected chi connectivity index (χ0v) is 10.8. The van der Waals surface area contributed by atoms with Crippen molar-refractivity contribution < 1.29 is 9.26 Å². The zero-order valence-electron chi connectivity index (χ0n) is 7.97. The number of aromatic amines is 2. The Bertz CT molecular complexity index is 443. The first-order valence-corrected chi connectivity index (χ1v) is 7.23. The summed E-state index contributed by atoms with van der Waals surface area (Å²) in [5, 5.41) is 0. The molecule has 0 aliphatic heterocycles. The minimum atomic E-state index is -0.937. The predicted octanol–water partition coefficient (Wildman–Crippen LogP) is 3.31. The summed E-state index contributed by atoms with van der Waals surface area (Å²) < 4.78 is 21.3. The molecule has 0 amide bonds. The van der Waals surface area contributed by atoms with Crippen LogP contribution in [0.1, 0.15) is 0 Å². The van der Waals surface area contributed by atoms with E-state index in [0.717, 1.165) is 20.0 Å². The van der Waals surface area contributed by atoms with Gasteiger partial charge in [0.2, 0.25) is 0 Å². The Hall–Kier alpha value is -0.880. The first kappa shape index (κ1) is 10.6. The number of hydrogen-bond donors (Lipinski definition) is 2. The van der Waals surface area contributed by atoms with Crippen molar-refractivity contribution in [2.45, 2.75) is 0 Å². The lowest BCUT2D eigenvalue weighted by atomic mass is 10.3. The highest BCUT2D eigenvalue weighted by Gasteiger charge is 2.04. The number of hydrogen-bond acceptors (Lipinski definition) is 3. The van der Waals surface area contributed by atoms with Crippen LogP contribution in [0.5, 0.6) is 11.5 Å². The average Bonchev–Trinajstić information content (AvgIpc) is 2.31. The molecule has 0 fully saturated rings. The van der Waals surface area contributed by atoms with Gasteiger partial charge in [-0.25, -0.2) is 0 Å². The summed E-state index contributed by atoms with van der Waals surface area (Å²) in [7, 11) is 2.05. The van der Waals surface area contributed by atoms with Crippen LogP contribution in [0, 0.1) is 0 Å². The standard InChI is InChI=1S/C7H10N3O2P3/c1-11-6-4-2-3-5-7(6)12-15-9-13-8-14-10-15/h2-5,9,13H,1H3,(H,8,10). The molecule has 0 saturated carbocycles. The van der Waals surface area contributed by atoms with E-state index in [4.69, 9.17) is 9.26 Å². The highest BCUT2D eigenvalue weighted by Crippen LogP contribution is 2.33. The van der Waals surface area contributed by atoms with Crippen molar-refractivity contribution in [3.8, 4) is 11.5 Å². The van der Waals surface area contributed by atoms with Crippen LogP contribution in [0.25, 0.3) is 0 Å². The predicted molar refractivity (Wildman–Crippen MR) is 64.3 cm³/mol. The molecule has 0 saturated heterocycles. The number of methoxy groups -OCH3 is 1. The van der Waals surface area contributed by atoms with E-state index >= 15 is 0 Å². The van der Waals surface area contributed by atoms with Crippen molar-refractivity contribution >= 4 is 25.1 Å². The van der Waals surface area contributed by atoms with Gasteiger partial charge >= 0.3 is 0 Å². The molecule has 0 aliphatic carbocycles. The van der Waals surface area contributed by atoms with E-state index in [1.807, 2.05) is 24.3 Å². The van der Waals surface area contributed by atoms with Crippen LogP contribution < -0.4 is 9.26 Å². The number of para-hydroxylation sites is 2. The monoisotopic (exact) mass is 261 g/mol. The van der Waals surface area contributed by atoms with Gasteiger partial charge in [0, 0.05) is 8.51 Å². The van der Waals surface area contributed by atoms with Gasteiger partial charge in [0.15, 0.2) is 11.5 Å². The zero-order chi connectivity index (χ0) is 10.5. The topological polar surface area (TPSA) is 62.9 Å². The first-order valence-electron chi connectivity index (χ1n) is 4.17. The van der Waals surface area contributed by atoms with Crippen LogP contribution in [0.15, 0.2) is 24.3 Å². The number of H-pyrrole nitrogens is 2. The summed E-state index contributed by atoms with van der Waals surface area (Å²) in [6, 6.07) is 7.56. The molecule has 5 nitrogen and oxygen atoms in total. The maximum atomic E-state index is 5.70. The summed E-state index contributed by atoms with van der Waals surface area (Å²) in [5.41, 5.74) is 0. The molecule has 15 heavy (non-hydrogen) atoms. The third-order valence-corrected chi connectivity index (χ3v) is 5.07. The lowest BCUT2D eigenvalue weighted by molar-refractivity contribution is 0.398. The van der Waals surface area contributed by atoms with Crippen molar-refractivity contribution in [3.05, 3.63) is 24.3 Å². The van der Waals surface area contributed by atoms with Crippen LogP contribution >= 0.6 is 25.1 Å². The Morgan fingerprint density at radius 1 is 1.40 bits per heavy atom. The number of nitrogens with one attached hydrogen (secondary N) is 2. The highest BCUT2D eigenvalue weighted by molar-refractivity contribution is 7.50. The van der Waals surface area contributed by atoms with Crippen molar-refractivity contribution in [2.24, 2.45) is 0 Å². The molecular weight excluding hydrogens is 251 g/mol. The van der Waals surface area contributed by atoms with Crippen LogP contribution in [0.3, 0.4) is 0 Å². The molecular formula is C7H10N3O2P3. The molecule has 2 rings (SSSR count). The van der Waals surface area contributed by atoms with E-state index in [2.05, 4.69) is 13.5 Å². The normalized spacial score (nSPS) is 11.9. The minimum Gasteiger partial charge on any atom is -0.493 e. The largest absolute Gasteiger partial charge is 0.493 e. The number of benzene rings is 1. The molecule has 1 aromatic carbocycles. The van der Waals surface area contributed by atoms with E-state index in [9.17, 15) is 0 Å². The summed E-state index contributed by atoms with van der Waals surface area (Å²) in [4.78, 5) is 0. The number of rotatable bonds is 3. The fraction of sp³-hybridized carbons (Fsp3) is 0.143. The fourth-order valence-corrected chi connectivity index (χ4v) is 4.40. The first-order chi connectivity index (χ1) is 7.40. The van der Waals surface area contributed by atoms with Crippen LogP contribution in [0.2, 0.25) is 0 Å². The quantitative estimate of drug-likeness (QED) is 0.890. The van der Waals surface area contributed by atoms with Gasteiger partial charge in [-0.2, -0.15) is 0 Å². The highest BCUT2D eigenvalue weighted by atomic mass is 31.2. The third kappa shape index (κ3) is 2.79. The maximum Gasteiger partial charge on any atom is 0.263 e. The van der Waals surface area contributed by atoms with Crippen LogP contribution in [-0.2, 0) is 0 Å². The van der Waals surface area contributed by atoms with Crippen LogP contribution in [-0.4, -0.2) is 20.6 Å². The van der Waals surface area contributed by atoms with Gasteiger partial charge in [-0.3, -0.25) is 4.51 Å². The average molecular weight is 261 g/mol. The SMILES string of the molecule is COc1ccccc1Op1np[nH][pH][nH]1. The second kappa shape index (κ2) is 5.27. The van der Waals surface area contributed by atoms with E-state index in [-0.39, 0.29) is 0 Å². The van der Waals surface area contributed by atoms with Crippen molar-refractivity contribution in [1.29, 1.82) is 0 Å². The van der Waals surface area contributed by atoms with Crippen molar-refractivity contribution in [3.63, 3.8) is 0 Å². The lowest BCUT2D eigenvalue weighted by Crippen LogP contribution is -1.88. The molecule has 2 atom stereocenters. The molecule has 1 aromatic heterocycles. The molecule has 0 aliphatic rings. The third-order valence-electron chi connectivity index (χ3n) is 1.64. The molecule has 1 heterocycles. The summed E-state index contributed by atoms with van der Waals surface area (Å²) in [5.74, 6) is 1.46. The van der Waals surface area contributed by atoms with Gasteiger partial charge in [0.1, 0.15) is 8.51 Å². The van der Waals surface area contributed by atoms with Crippen molar-refractivity contribution in [1.82, 2.24) is 13.5 Å². The van der Waals surface area contributed by atoms with Crippen molar-refractivity contribution in [2.75, 3.05) is 7.11 Å². The molecule has 0 bridgehead atoms. The molecule has 0 radical (unpaired) electrons. The number of ether oxygens (including phenoxy) is 1. The molecule has 2 aromatic rings. The summed E-state index contributed by atoms with van der Waals surface area (Å²) in [6.07, 6.45) is 0. The Balaban J connectivity index is 2.24. The van der Waals surface area contributed by atoms with E-state index in [1.54, 1.807) is 7.11 Å². The lowest BCUT2D eigenvalue weighted by Gasteiger charge is -2.07. The second-order valence-corrected chi connectivity index (χ2v) is 6.24. The number of aromatic nitrogens is 3. The fourth-order valence-electron chi connectivity index (χ4n) is 1.01. The van der Waals surface area contributed by atoms with Gasteiger partial charge in [-0.05, 0) is 12.1 Å². The second-order valence-electron chi connectivity index (χ2n) is 2.55. The summed E-state index contributed by atoms with van der Waals surface area (Å²) >= 11 is 0. The smallest absolute Gasteiger partial charge is 0.263 e. The van der Waals surface area contributed by atoms with Gasteiger partial charge < -0.3 is 13.8 Å². The minimum absolute atomic E-state index is 0.488. The van der Waals surface area contributed by atoms with Gasteiger partial charge in [-0.15, -0.1) is 4.51 Å².